The van der Waals surface area contributed by atoms with E-state index in [9.17, 15) is 13.2 Å². The summed E-state index contributed by atoms with van der Waals surface area (Å²) in [7, 11) is -3.28. The minimum absolute atomic E-state index is 0.0276. The number of thioether (sulfide) groups is 1. The molecule has 0 spiro atoms. The Hall–Kier alpha value is -1.01. The lowest BCUT2D eigenvalue weighted by Gasteiger charge is -2.12. The minimum atomic E-state index is -3.28. The number of carbonyl (C=O) groups excluding carboxylic acids is 1. The normalized spacial score (nSPS) is 18.6. The Bertz CT molecular complexity index is 608. The van der Waals surface area contributed by atoms with Crippen LogP contribution in [0.1, 0.15) is 31.7 Å². The fourth-order valence-electron chi connectivity index (χ4n) is 2.12. The van der Waals surface area contributed by atoms with Crippen LogP contribution in [0.25, 0.3) is 0 Å². The molecule has 0 aromatic heterocycles. The van der Waals surface area contributed by atoms with Crippen molar-refractivity contribution < 1.29 is 13.2 Å². The Morgan fingerprint density at radius 3 is 2.74 bits per heavy atom. The minimum Gasteiger partial charge on any atom is -0.370 e. The maximum atomic E-state index is 12.2. The first-order valence-corrected chi connectivity index (χ1v) is 8.64. The highest BCUT2D eigenvalue weighted by atomic mass is 32.2. The van der Waals surface area contributed by atoms with Crippen molar-refractivity contribution in [3.8, 4) is 0 Å². The average Bonchev–Trinajstić information content (AvgIpc) is 2.71. The molecule has 0 fully saturated rings. The zero-order chi connectivity index (χ0) is 14.2. The van der Waals surface area contributed by atoms with Gasteiger partial charge in [-0.1, -0.05) is 0 Å². The zero-order valence-electron chi connectivity index (χ0n) is 10.9. The second-order valence-corrected chi connectivity index (χ2v) is 8.54. The number of rotatable bonds is 4. The Morgan fingerprint density at radius 2 is 2.16 bits per heavy atom. The van der Waals surface area contributed by atoms with Crippen LogP contribution in [-0.4, -0.2) is 25.3 Å². The van der Waals surface area contributed by atoms with E-state index in [0.29, 0.717) is 4.90 Å². The molecular weight excluding hydrogens is 282 g/mol. The van der Waals surface area contributed by atoms with E-state index in [1.54, 1.807) is 37.7 Å². The molecule has 1 aliphatic rings. The van der Waals surface area contributed by atoms with Crippen molar-refractivity contribution in [3.05, 3.63) is 23.8 Å². The summed E-state index contributed by atoms with van der Waals surface area (Å²) in [5.41, 5.74) is 6.17. The molecule has 1 unspecified atom stereocenters. The van der Waals surface area contributed by atoms with Crippen molar-refractivity contribution >= 4 is 27.5 Å². The maximum absolute atomic E-state index is 12.2. The molecule has 2 rings (SSSR count). The van der Waals surface area contributed by atoms with Crippen LogP contribution < -0.4 is 5.73 Å². The number of amides is 1. The first kappa shape index (κ1) is 14.4. The number of sulfone groups is 1. The molecule has 1 amide bonds. The monoisotopic (exact) mass is 299 g/mol. The van der Waals surface area contributed by atoms with Gasteiger partial charge in [-0.2, -0.15) is 0 Å². The van der Waals surface area contributed by atoms with Crippen LogP contribution >= 0.6 is 11.8 Å². The molecule has 0 aliphatic carbocycles. The summed E-state index contributed by atoms with van der Waals surface area (Å²) in [4.78, 5) is 12.4. The molecule has 2 N–H and O–H groups in total. The third kappa shape index (κ3) is 2.79. The highest BCUT2D eigenvalue weighted by Gasteiger charge is 2.27. The molecule has 1 heterocycles. The molecular formula is C13H17NO3S2. The van der Waals surface area contributed by atoms with Gasteiger partial charge >= 0.3 is 0 Å². The van der Waals surface area contributed by atoms with Crippen molar-refractivity contribution in [1.82, 2.24) is 0 Å². The van der Waals surface area contributed by atoms with Crippen molar-refractivity contribution in [2.75, 3.05) is 5.75 Å². The highest BCUT2D eigenvalue weighted by Crippen LogP contribution is 2.42. The molecule has 0 radical (unpaired) electrons. The second kappa shape index (κ2) is 5.17. The van der Waals surface area contributed by atoms with Gasteiger partial charge in [-0.05, 0) is 37.6 Å². The van der Waals surface area contributed by atoms with Gasteiger partial charge in [0.05, 0.1) is 10.1 Å². The lowest BCUT2D eigenvalue weighted by molar-refractivity contribution is -0.118. The summed E-state index contributed by atoms with van der Waals surface area (Å²) in [6, 6.07) is 5.18. The van der Waals surface area contributed by atoms with Crippen LogP contribution in [0.4, 0.5) is 0 Å². The number of hydrogen-bond acceptors (Lipinski definition) is 4. The van der Waals surface area contributed by atoms with E-state index in [1.165, 1.54) is 0 Å². The van der Waals surface area contributed by atoms with Gasteiger partial charge < -0.3 is 5.73 Å². The summed E-state index contributed by atoms with van der Waals surface area (Å²) >= 11 is 1.64. The summed E-state index contributed by atoms with van der Waals surface area (Å²) in [6.45, 7) is 3.33. The summed E-state index contributed by atoms with van der Waals surface area (Å²) in [6.07, 6.45) is 0.269. The molecule has 1 aromatic carbocycles. The van der Waals surface area contributed by atoms with Crippen molar-refractivity contribution in [2.24, 2.45) is 5.73 Å². The zero-order valence-corrected chi connectivity index (χ0v) is 12.6. The summed E-state index contributed by atoms with van der Waals surface area (Å²) in [5.74, 6) is 0.457. The van der Waals surface area contributed by atoms with Gasteiger partial charge in [-0.25, -0.2) is 8.42 Å². The predicted molar refractivity (Wildman–Crippen MR) is 76.0 cm³/mol. The number of benzene rings is 1. The van der Waals surface area contributed by atoms with E-state index < -0.39 is 15.1 Å². The van der Waals surface area contributed by atoms with Gasteiger partial charge in [0.15, 0.2) is 9.84 Å². The number of carbonyl (C=O) groups is 1. The van der Waals surface area contributed by atoms with E-state index in [2.05, 4.69) is 0 Å². The van der Waals surface area contributed by atoms with E-state index in [4.69, 9.17) is 5.73 Å². The van der Waals surface area contributed by atoms with E-state index in [0.717, 1.165) is 16.2 Å². The number of hydrogen-bond donors (Lipinski definition) is 1. The average molecular weight is 299 g/mol. The van der Waals surface area contributed by atoms with Crippen LogP contribution in [0.5, 0.6) is 0 Å². The van der Waals surface area contributed by atoms with Crippen molar-refractivity contribution in [3.63, 3.8) is 0 Å². The smallest absolute Gasteiger partial charge is 0.218 e. The van der Waals surface area contributed by atoms with E-state index in [-0.39, 0.29) is 18.2 Å². The number of nitrogens with two attached hydrogens (primary N) is 1. The molecule has 4 nitrogen and oxygen atoms in total. The summed E-state index contributed by atoms with van der Waals surface area (Å²) < 4.78 is 24.3. The molecule has 1 aromatic rings. The Morgan fingerprint density at radius 1 is 1.47 bits per heavy atom. The lowest BCUT2D eigenvalue weighted by Crippen LogP contribution is -2.16. The van der Waals surface area contributed by atoms with Crippen LogP contribution in [0.15, 0.2) is 28.0 Å². The highest BCUT2D eigenvalue weighted by molar-refractivity contribution is 7.99. The Kier molecular flexibility index (Phi) is 3.92. The summed E-state index contributed by atoms with van der Waals surface area (Å²) in [5, 5.41) is -0.450. The van der Waals surface area contributed by atoms with Crippen LogP contribution in [0, 0.1) is 0 Å². The number of primary amides is 1. The fraction of sp³-hybridized carbons (Fsp3) is 0.462. The van der Waals surface area contributed by atoms with Gasteiger partial charge in [0.2, 0.25) is 5.91 Å². The lowest BCUT2D eigenvalue weighted by atomic mass is 9.98. The maximum Gasteiger partial charge on any atom is 0.218 e. The van der Waals surface area contributed by atoms with Crippen LogP contribution in [0.3, 0.4) is 0 Å². The van der Waals surface area contributed by atoms with Crippen molar-refractivity contribution in [1.29, 1.82) is 0 Å². The van der Waals surface area contributed by atoms with Gasteiger partial charge in [-0.15, -0.1) is 11.8 Å². The molecule has 1 atom stereocenters. The van der Waals surface area contributed by atoms with Gasteiger partial charge in [0.25, 0.3) is 0 Å². The van der Waals surface area contributed by atoms with Crippen LogP contribution in [0.2, 0.25) is 0 Å². The standard InChI is InChI=1S/C13H17NO3S2/c1-8(2)19(16,17)10-3-4-12-11(6-10)9(7-18-12)5-13(14)15/h3-4,6,8-9H,5,7H2,1-2H3,(H2,14,15). The molecule has 0 bridgehead atoms. The Labute approximate surface area is 117 Å². The van der Waals surface area contributed by atoms with Gasteiger partial charge in [0.1, 0.15) is 0 Å². The first-order valence-electron chi connectivity index (χ1n) is 6.11. The molecule has 0 saturated heterocycles. The molecule has 1 aliphatic heterocycles. The third-order valence-electron chi connectivity index (χ3n) is 3.26. The third-order valence-corrected chi connectivity index (χ3v) is 6.66. The quantitative estimate of drug-likeness (QED) is 0.921. The SMILES string of the molecule is CC(C)S(=O)(=O)c1ccc2c(c1)C(CC(N)=O)CS2. The number of fused-ring (bicyclic) bond motifs is 1. The van der Waals surface area contributed by atoms with Crippen molar-refractivity contribution in [2.45, 2.75) is 41.2 Å². The van der Waals surface area contributed by atoms with Crippen LogP contribution in [-0.2, 0) is 14.6 Å². The fourth-order valence-corrected chi connectivity index (χ4v) is 4.45. The molecule has 19 heavy (non-hydrogen) atoms. The Balaban J connectivity index is 2.41. The first-order chi connectivity index (χ1) is 8.82. The predicted octanol–water partition coefficient (Wildman–Crippen LogP) is 1.93. The van der Waals surface area contributed by atoms with E-state index in [1.807, 2.05) is 6.07 Å². The molecule has 0 saturated carbocycles. The van der Waals surface area contributed by atoms with E-state index >= 15 is 0 Å². The molecule has 104 valence electrons. The van der Waals surface area contributed by atoms with Gasteiger partial charge in [0, 0.05) is 23.0 Å². The topological polar surface area (TPSA) is 77.2 Å². The largest absolute Gasteiger partial charge is 0.370 e. The second-order valence-electron chi connectivity index (χ2n) is 4.97. The molecule has 6 heteroatoms. The van der Waals surface area contributed by atoms with Gasteiger partial charge in [-0.3, -0.25) is 4.79 Å².